The molecule has 0 unspecified atom stereocenters. The first-order valence-electron chi connectivity index (χ1n) is 6.14. The smallest absolute Gasteiger partial charge is 0.335 e. The monoisotopic (exact) mass is 300 g/mol. The Bertz CT molecular complexity index is 665. The Morgan fingerprint density at radius 1 is 1.33 bits per heavy atom. The third-order valence-electron chi connectivity index (χ3n) is 2.57. The molecule has 0 aliphatic heterocycles. The molecule has 2 rings (SSSR count). The maximum absolute atomic E-state index is 10.7. The fraction of sp³-hybridized carbons (Fsp3) is 0.133. The number of hydrogen-bond acceptors (Lipinski definition) is 5. The van der Waals surface area contributed by atoms with Crippen LogP contribution < -0.4 is 4.74 Å². The van der Waals surface area contributed by atoms with Crippen molar-refractivity contribution in [1.29, 1.82) is 5.26 Å². The van der Waals surface area contributed by atoms with Gasteiger partial charge in [0.15, 0.2) is 0 Å². The van der Waals surface area contributed by atoms with Crippen LogP contribution in [0, 0.1) is 11.3 Å². The number of aromatic nitrogens is 1. The van der Waals surface area contributed by atoms with Gasteiger partial charge in [-0.15, -0.1) is 11.8 Å². The van der Waals surface area contributed by atoms with Crippen LogP contribution in [0.15, 0.2) is 47.6 Å². The van der Waals surface area contributed by atoms with Crippen LogP contribution in [0.1, 0.15) is 15.9 Å². The molecule has 0 radical (unpaired) electrons. The third-order valence-corrected chi connectivity index (χ3v) is 3.46. The minimum absolute atomic E-state index is 0.231. The van der Waals surface area contributed by atoms with Gasteiger partial charge >= 0.3 is 5.97 Å². The summed E-state index contributed by atoms with van der Waals surface area (Å²) < 4.78 is 5.51. The molecular weight excluding hydrogens is 288 g/mol. The van der Waals surface area contributed by atoms with Gasteiger partial charge in [-0.2, -0.15) is 5.26 Å². The summed E-state index contributed by atoms with van der Waals surface area (Å²) in [5, 5.41) is 18.4. The molecule has 0 spiro atoms. The van der Waals surface area contributed by atoms with Gasteiger partial charge in [0.05, 0.1) is 28.8 Å². The number of carboxylic acids is 1. The molecule has 2 aromatic rings. The van der Waals surface area contributed by atoms with E-state index in [0.29, 0.717) is 23.7 Å². The number of carboxylic acid groups (broad SMARTS) is 1. The molecule has 1 aromatic heterocycles. The van der Waals surface area contributed by atoms with E-state index in [-0.39, 0.29) is 5.56 Å². The Morgan fingerprint density at radius 3 is 2.76 bits per heavy atom. The number of nitrogens with zero attached hydrogens (tertiary/aromatic N) is 2. The van der Waals surface area contributed by atoms with E-state index in [1.807, 2.05) is 0 Å². The summed E-state index contributed by atoms with van der Waals surface area (Å²) in [7, 11) is 0. The normalized spacial score (nSPS) is 9.86. The van der Waals surface area contributed by atoms with Crippen LogP contribution in [-0.4, -0.2) is 28.4 Å². The summed E-state index contributed by atoms with van der Waals surface area (Å²) in [4.78, 5) is 14.9. The minimum Gasteiger partial charge on any atom is -0.493 e. The van der Waals surface area contributed by atoms with Gasteiger partial charge in [-0.3, -0.25) is 0 Å². The molecule has 0 bridgehead atoms. The van der Waals surface area contributed by atoms with Crippen LogP contribution in [0.3, 0.4) is 0 Å². The van der Waals surface area contributed by atoms with Gasteiger partial charge in [0.25, 0.3) is 0 Å². The molecular formula is C15H12N2O3S. The van der Waals surface area contributed by atoms with Crippen LogP contribution in [0.5, 0.6) is 5.75 Å². The van der Waals surface area contributed by atoms with Crippen LogP contribution in [0.25, 0.3) is 0 Å². The van der Waals surface area contributed by atoms with E-state index in [0.717, 1.165) is 5.03 Å². The lowest BCUT2D eigenvalue weighted by molar-refractivity contribution is 0.0697. The van der Waals surface area contributed by atoms with Gasteiger partial charge < -0.3 is 9.84 Å². The van der Waals surface area contributed by atoms with E-state index in [1.54, 1.807) is 30.5 Å². The number of hydrogen-bond donors (Lipinski definition) is 1. The first-order chi connectivity index (χ1) is 10.2. The van der Waals surface area contributed by atoms with Crippen LogP contribution in [0.2, 0.25) is 0 Å². The van der Waals surface area contributed by atoms with Gasteiger partial charge in [-0.05, 0) is 36.4 Å². The average molecular weight is 300 g/mol. The lowest BCUT2D eigenvalue weighted by Crippen LogP contribution is -2.01. The highest BCUT2D eigenvalue weighted by molar-refractivity contribution is 7.99. The van der Waals surface area contributed by atoms with E-state index in [9.17, 15) is 4.79 Å². The second-order valence-corrected chi connectivity index (χ2v) is 5.14. The maximum Gasteiger partial charge on any atom is 0.335 e. The molecule has 0 saturated carbocycles. The molecule has 0 saturated heterocycles. The van der Waals surface area contributed by atoms with Crippen molar-refractivity contribution < 1.29 is 14.6 Å². The maximum atomic E-state index is 10.7. The number of ether oxygens (including phenoxy) is 1. The Morgan fingerprint density at radius 2 is 2.10 bits per heavy atom. The van der Waals surface area contributed by atoms with Crippen molar-refractivity contribution in [3.8, 4) is 11.8 Å². The molecule has 21 heavy (non-hydrogen) atoms. The molecule has 6 heteroatoms. The fourth-order valence-electron chi connectivity index (χ4n) is 1.56. The molecule has 0 fully saturated rings. The molecule has 0 aliphatic carbocycles. The van der Waals surface area contributed by atoms with Crippen LogP contribution in [-0.2, 0) is 0 Å². The lowest BCUT2D eigenvalue weighted by Gasteiger charge is -2.06. The first kappa shape index (κ1) is 14.9. The van der Waals surface area contributed by atoms with Gasteiger partial charge in [0, 0.05) is 11.9 Å². The third kappa shape index (κ3) is 4.51. The Kier molecular flexibility index (Phi) is 5.18. The van der Waals surface area contributed by atoms with E-state index in [2.05, 4.69) is 11.1 Å². The fourth-order valence-corrected chi connectivity index (χ4v) is 2.28. The van der Waals surface area contributed by atoms with Gasteiger partial charge in [0.1, 0.15) is 5.75 Å². The molecule has 0 amide bonds. The van der Waals surface area contributed by atoms with Crippen LogP contribution >= 0.6 is 11.8 Å². The first-order valence-corrected chi connectivity index (χ1v) is 7.13. The van der Waals surface area contributed by atoms with Crippen molar-refractivity contribution in [2.24, 2.45) is 0 Å². The quantitative estimate of drug-likeness (QED) is 0.652. The number of benzene rings is 1. The molecule has 1 heterocycles. The summed E-state index contributed by atoms with van der Waals surface area (Å²) >= 11 is 1.50. The summed E-state index contributed by atoms with van der Waals surface area (Å²) in [6.07, 6.45) is 1.60. The summed E-state index contributed by atoms with van der Waals surface area (Å²) in [6.45, 7) is 0.468. The van der Waals surface area contributed by atoms with E-state index >= 15 is 0 Å². The Balaban J connectivity index is 1.79. The van der Waals surface area contributed by atoms with Gasteiger partial charge in [-0.25, -0.2) is 9.78 Å². The van der Waals surface area contributed by atoms with Gasteiger partial charge in [0.2, 0.25) is 0 Å². The summed E-state index contributed by atoms with van der Waals surface area (Å²) in [5.74, 6) is 0.350. The van der Waals surface area contributed by atoms with Crippen molar-refractivity contribution >= 4 is 17.7 Å². The average Bonchev–Trinajstić information content (AvgIpc) is 2.52. The summed E-state index contributed by atoms with van der Waals surface area (Å²) in [5.41, 5.74) is 0.812. The molecule has 1 N–H and O–H groups in total. The number of rotatable bonds is 6. The van der Waals surface area contributed by atoms with Crippen molar-refractivity contribution in [2.45, 2.75) is 5.03 Å². The highest BCUT2D eigenvalue weighted by atomic mass is 32.2. The zero-order valence-electron chi connectivity index (χ0n) is 11.0. The Labute approximate surface area is 126 Å². The number of pyridine rings is 1. The second kappa shape index (κ2) is 7.31. The molecule has 1 aromatic carbocycles. The van der Waals surface area contributed by atoms with Crippen molar-refractivity contribution in [2.75, 3.05) is 12.4 Å². The standard InChI is InChI=1S/C15H12N2O3S/c16-10-11-5-6-17-14(9-11)21-8-7-20-13-3-1-12(2-4-13)15(18)19/h1-6,9H,7-8H2,(H,18,19). The molecule has 0 aliphatic rings. The van der Waals surface area contributed by atoms with E-state index in [4.69, 9.17) is 15.1 Å². The molecule has 106 valence electrons. The van der Waals surface area contributed by atoms with Crippen LogP contribution in [0.4, 0.5) is 0 Å². The number of thioether (sulfide) groups is 1. The number of carbonyl (C=O) groups is 1. The van der Waals surface area contributed by atoms with Crippen molar-refractivity contribution in [3.05, 3.63) is 53.7 Å². The predicted octanol–water partition coefficient (Wildman–Crippen LogP) is 2.82. The lowest BCUT2D eigenvalue weighted by atomic mass is 10.2. The zero-order chi connectivity index (χ0) is 15.1. The minimum atomic E-state index is -0.958. The van der Waals surface area contributed by atoms with Crippen molar-refractivity contribution in [3.63, 3.8) is 0 Å². The zero-order valence-corrected chi connectivity index (χ0v) is 11.8. The molecule has 5 nitrogen and oxygen atoms in total. The predicted molar refractivity (Wildman–Crippen MR) is 78.6 cm³/mol. The van der Waals surface area contributed by atoms with Gasteiger partial charge in [-0.1, -0.05) is 0 Å². The Hall–Kier alpha value is -2.52. The van der Waals surface area contributed by atoms with Crippen molar-refractivity contribution in [1.82, 2.24) is 4.98 Å². The van der Waals surface area contributed by atoms with E-state index in [1.165, 1.54) is 23.9 Å². The number of nitriles is 1. The summed E-state index contributed by atoms with van der Waals surface area (Å²) in [6, 6.07) is 11.7. The SMILES string of the molecule is N#Cc1ccnc(SCCOc2ccc(C(=O)O)cc2)c1. The largest absolute Gasteiger partial charge is 0.493 e. The highest BCUT2D eigenvalue weighted by Crippen LogP contribution is 2.17. The highest BCUT2D eigenvalue weighted by Gasteiger charge is 2.02. The van der Waals surface area contributed by atoms with E-state index < -0.39 is 5.97 Å². The topological polar surface area (TPSA) is 83.2 Å². The number of aromatic carboxylic acids is 1. The second-order valence-electron chi connectivity index (χ2n) is 4.02. The molecule has 0 atom stereocenters.